The summed E-state index contributed by atoms with van der Waals surface area (Å²) in [4.78, 5) is 5.63. The van der Waals surface area contributed by atoms with Crippen molar-refractivity contribution in [2.45, 2.75) is 32.9 Å². The normalized spacial score (nSPS) is 12.2. The summed E-state index contributed by atoms with van der Waals surface area (Å²) in [5, 5.41) is 4.69. The lowest BCUT2D eigenvalue weighted by atomic mass is 10.1. The van der Waals surface area contributed by atoms with Crippen molar-refractivity contribution in [3.05, 3.63) is 39.8 Å². The van der Waals surface area contributed by atoms with Crippen molar-refractivity contribution in [2.24, 2.45) is 0 Å². The fourth-order valence-electron chi connectivity index (χ4n) is 2.13. The molecule has 2 rings (SSSR count). The van der Waals surface area contributed by atoms with Gasteiger partial charge in [-0.05, 0) is 31.5 Å². The molecule has 1 unspecified atom stereocenters. The van der Waals surface area contributed by atoms with Crippen molar-refractivity contribution in [3.63, 3.8) is 0 Å². The highest BCUT2D eigenvalue weighted by Gasteiger charge is 2.13. The van der Waals surface area contributed by atoms with Crippen LogP contribution in [0, 0.1) is 0 Å². The van der Waals surface area contributed by atoms with Gasteiger partial charge in [0, 0.05) is 29.2 Å². The molecule has 1 aromatic heterocycles. The van der Waals surface area contributed by atoms with Gasteiger partial charge in [-0.2, -0.15) is 0 Å². The molecule has 4 nitrogen and oxygen atoms in total. The van der Waals surface area contributed by atoms with Crippen molar-refractivity contribution < 1.29 is 9.47 Å². The molecular weight excluding hydrogens is 284 g/mol. The Balaban J connectivity index is 2.06. The quantitative estimate of drug-likeness (QED) is 0.849. The largest absolute Gasteiger partial charge is 0.497 e. The molecule has 21 heavy (non-hydrogen) atoms. The summed E-state index contributed by atoms with van der Waals surface area (Å²) in [6.45, 7) is 5.05. The molecule has 0 bridgehead atoms. The van der Waals surface area contributed by atoms with E-state index >= 15 is 0 Å². The number of benzene rings is 1. The van der Waals surface area contributed by atoms with Crippen LogP contribution in [0.2, 0.25) is 0 Å². The number of nitrogens with one attached hydrogen (secondary N) is 1. The number of aromatic nitrogens is 1. The van der Waals surface area contributed by atoms with Gasteiger partial charge in [-0.25, -0.2) is 4.98 Å². The minimum absolute atomic E-state index is 0.169. The topological polar surface area (TPSA) is 43.4 Å². The van der Waals surface area contributed by atoms with Gasteiger partial charge in [-0.1, -0.05) is 6.92 Å². The number of aryl methyl sites for hydroxylation is 1. The third-order valence-corrected chi connectivity index (χ3v) is 4.53. The first-order chi connectivity index (χ1) is 10.2. The van der Waals surface area contributed by atoms with Crippen LogP contribution in [-0.4, -0.2) is 19.2 Å². The summed E-state index contributed by atoms with van der Waals surface area (Å²) in [5.41, 5.74) is 1.09. The maximum absolute atomic E-state index is 5.43. The zero-order valence-electron chi connectivity index (χ0n) is 13.0. The summed E-state index contributed by atoms with van der Waals surface area (Å²) in [6, 6.07) is 6.03. The molecule has 1 N–H and O–H groups in total. The molecule has 0 saturated carbocycles. The molecule has 114 valence electrons. The monoisotopic (exact) mass is 306 g/mol. The zero-order chi connectivity index (χ0) is 15.2. The Labute approximate surface area is 130 Å². The Morgan fingerprint density at radius 2 is 2.10 bits per heavy atom. The van der Waals surface area contributed by atoms with Gasteiger partial charge in [0.05, 0.1) is 19.2 Å². The molecule has 5 heteroatoms. The maximum Gasteiger partial charge on any atom is 0.123 e. The van der Waals surface area contributed by atoms with Gasteiger partial charge in [0.15, 0.2) is 0 Å². The maximum atomic E-state index is 5.43. The van der Waals surface area contributed by atoms with E-state index in [0.29, 0.717) is 0 Å². The second-order valence-electron chi connectivity index (χ2n) is 4.78. The standard InChI is InChI=1S/C16H22N2O2S/c1-5-16-18-10-13(21-16)9-17-11(2)14-8-12(19-3)6-7-15(14)20-4/h6-8,10-11,17H,5,9H2,1-4H3. The highest BCUT2D eigenvalue weighted by molar-refractivity contribution is 7.11. The van der Waals surface area contributed by atoms with Gasteiger partial charge in [-0.15, -0.1) is 11.3 Å². The second kappa shape index (κ2) is 7.43. The van der Waals surface area contributed by atoms with Crippen molar-refractivity contribution in [1.29, 1.82) is 0 Å². The number of nitrogens with zero attached hydrogens (tertiary/aromatic N) is 1. The Kier molecular flexibility index (Phi) is 5.59. The molecular formula is C16H22N2O2S. The third kappa shape index (κ3) is 3.95. The van der Waals surface area contributed by atoms with E-state index in [0.717, 1.165) is 30.0 Å². The molecule has 0 fully saturated rings. The molecule has 0 aliphatic heterocycles. The average Bonchev–Trinajstić information content (AvgIpc) is 3.00. The van der Waals surface area contributed by atoms with Crippen LogP contribution in [0.1, 0.15) is 35.3 Å². The van der Waals surface area contributed by atoms with E-state index < -0.39 is 0 Å². The Hall–Kier alpha value is -1.59. The average molecular weight is 306 g/mol. The first-order valence-corrected chi connectivity index (χ1v) is 7.88. The molecule has 1 aromatic carbocycles. The summed E-state index contributed by atoms with van der Waals surface area (Å²) in [6.07, 6.45) is 2.94. The smallest absolute Gasteiger partial charge is 0.123 e. The van der Waals surface area contributed by atoms with E-state index in [2.05, 4.69) is 24.1 Å². The Morgan fingerprint density at radius 3 is 2.71 bits per heavy atom. The van der Waals surface area contributed by atoms with Gasteiger partial charge in [0.2, 0.25) is 0 Å². The number of thiazole rings is 1. The van der Waals surface area contributed by atoms with Crippen LogP contribution in [0.5, 0.6) is 11.5 Å². The minimum Gasteiger partial charge on any atom is -0.497 e. The second-order valence-corrected chi connectivity index (χ2v) is 5.98. The highest BCUT2D eigenvalue weighted by atomic mass is 32.1. The lowest BCUT2D eigenvalue weighted by Crippen LogP contribution is -2.18. The van der Waals surface area contributed by atoms with Crippen LogP contribution in [0.15, 0.2) is 24.4 Å². The number of rotatable bonds is 7. The van der Waals surface area contributed by atoms with Gasteiger partial charge >= 0.3 is 0 Å². The molecule has 0 saturated heterocycles. The molecule has 0 aliphatic rings. The SMILES string of the molecule is CCc1ncc(CNC(C)c2cc(OC)ccc2OC)s1. The van der Waals surface area contributed by atoms with Crippen LogP contribution in [0.4, 0.5) is 0 Å². The Morgan fingerprint density at radius 1 is 1.29 bits per heavy atom. The molecule has 0 amide bonds. The van der Waals surface area contributed by atoms with Crippen LogP contribution in [-0.2, 0) is 13.0 Å². The van der Waals surface area contributed by atoms with Gasteiger partial charge in [-0.3, -0.25) is 0 Å². The number of hydrogen-bond acceptors (Lipinski definition) is 5. The van der Waals surface area contributed by atoms with E-state index in [1.807, 2.05) is 24.4 Å². The summed E-state index contributed by atoms with van der Waals surface area (Å²) < 4.78 is 10.7. The molecule has 0 radical (unpaired) electrons. The van der Waals surface area contributed by atoms with Crippen LogP contribution in [0.25, 0.3) is 0 Å². The molecule has 1 atom stereocenters. The predicted octanol–water partition coefficient (Wildman–Crippen LogP) is 3.57. The van der Waals surface area contributed by atoms with Crippen molar-refractivity contribution >= 4 is 11.3 Å². The third-order valence-electron chi connectivity index (χ3n) is 3.39. The summed E-state index contributed by atoms with van der Waals surface area (Å²) >= 11 is 1.76. The highest BCUT2D eigenvalue weighted by Crippen LogP contribution is 2.29. The number of hydrogen-bond donors (Lipinski definition) is 1. The fourth-order valence-corrected chi connectivity index (χ4v) is 2.95. The van der Waals surface area contributed by atoms with Crippen LogP contribution >= 0.6 is 11.3 Å². The number of ether oxygens (including phenoxy) is 2. The van der Waals surface area contributed by atoms with E-state index in [4.69, 9.17) is 9.47 Å². The molecule has 2 aromatic rings. The van der Waals surface area contributed by atoms with Gasteiger partial charge in [0.1, 0.15) is 11.5 Å². The van der Waals surface area contributed by atoms with Gasteiger partial charge in [0.25, 0.3) is 0 Å². The van der Waals surface area contributed by atoms with E-state index in [1.165, 1.54) is 9.88 Å². The van der Waals surface area contributed by atoms with Crippen molar-refractivity contribution in [2.75, 3.05) is 14.2 Å². The van der Waals surface area contributed by atoms with E-state index in [9.17, 15) is 0 Å². The first kappa shape index (κ1) is 15.8. The lowest BCUT2D eigenvalue weighted by molar-refractivity contribution is 0.391. The van der Waals surface area contributed by atoms with E-state index in [-0.39, 0.29) is 6.04 Å². The van der Waals surface area contributed by atoms with Crippen molar-refractivity contribution in [3.8, 4) is 11.5 Å². The minimum atomic E-state index is 0.169. The first-order valence-electron chi connectivity index (χ1n) is 7.06. The molecule has 0 spiro atoms. The predicted molar refractivity (Wildman–Crippen MR) is 86.3 cm³/mol. The zero-order valence-corrected chi connectivity index (χ0v) is 13.8. The van der Waals surface area contributed by atoms with Crippen LogP contribution in [0.3, 0.4) is 0 Å². The van der Waals surface area contributed by atoms with E-state index in [1.54, 1.807) is 25.6 Å². The molecule has 0 aliphatic carbocycles. The van der Waals surface area contributed by atoms with Gasteiger partial charge < -0.3 is 14.8 Å². The van der Waals surface area contributed by atoms with Crippen LogP contribution < -0.4 is 14.8 Å². The summed E-state index contributed by atoms with van der Waals surface area (Å²) in [5.74, 6) is 1.71. The number of methoxy groups -OCH3 is 2. The lowest BCUT2D eigenvalue weighted by Gasteiger charge is -2.17. The fraction of sp³-hybridized carbons (Fsp3) is 0.438. The Bertz CT molecular complexity index is 583. The molecule has 1 heterocycles. The van der Waals surface area contributed by atoms with Crippen molar-refractivity contribution in [1.82, 2.24) is 10.3 Å². The summed E-state index contributed by atoms with van der Waals surface area (Å²) in [7, 11) is 3.36.